The van der Waals surface area contributed by atoms with Crippen LogP contribution in [-0.4, -0.2) is 71.1 Å². The van der Waals surface area contributed by atoms with Crippen molar-refractivity contribution in [2.45, 2.75) is 83.8 Å². The number of hydrogen-bond donors (Lipinski definition) is 0. The van der Waals surface area contributed by atoms with Crippen molar-refractivity contribution in [3.8, 4) is 0 Å². The maximum absolute atomic E-state index is 4.74. The molecule has 27 heavy (non-hydrogen) atoms. The molecule has 0 radical (unpaired) electrons. The third kappa shape index (κ3) is 5.41. The van der Waals surface area contributed by atoms with Crippen LogP contribution in [0.25, 0.3) is 0 Å². The Bertz CT molecular complexity index is 544. The van der Waals surface area contributed by atoms with Gasteiger partial charge in [-0.3, -0.25) is 4.90 Å². The van der Waals surface area contributed by atoms with Crippen LogP contribution in [0.1, 0.15) is 64.9 Å². The molecule has 2 bridgehead atoms. The van der Waals surface area contributed by atoms with E-state index in [0.29, 0.717) is 18.1 Å². The second-order valence-corrected chi connectivity index (χ2v) is 8.77. The number of likely N-dealkylation sites (tertiary alicyclic amines) is 1. The Labute approximate surface area is 166 Å². The molecule has 2 unspecified atom stereocenters. The van der Waals surface area contributed by atoms with Gasteiger partial charge in [0, 0.05) is 43.6 Å². The minimum absolute atomic E-state index is 0.610. The summed E-state index contributed by atoms with van der Waals surface area (Å²) < 4.78 is 0. The molecular formula is C22H39N5. The van der Waals surface area contributed by atoms with Gasteiger partial charge in [0.2, 0.25) is 5.95 Å². The number of aryl methyl sites for hydroxylation is 1. The first-order valence-electron chi connectivity index (χ1n) is 11.1. The SMILES string of the molecule is CCN1CC2CCC(C1)N2c1ncc(CCCCCCN(C)C(C)C)cn1. The molecule has 0 saturated carbocycles. The van der Waals surface area contributed by atoms with E-state index in [-0.39, 0.29) is 0 Å². The summed E-state index contributed by atoms with van der Waals surface area (Å²) in [5, 5.41) is 0. The van der Waals surface area contributed by atoms with Gasteiger partial charge in [0.1, 0.15) is 0 Å². The molecule has 1 aromatic rings. The van der Waals surface area contributed by atoms with Gasteiger partial charge in [-0.2, -0.15) is 0 Å². The van der Waals surface area contributed by atoms with E-state index in [1.54, 1.807) is 0 Å². The average molecular weight is 374 g/mol. The molecule has 0 N–H and O–H groups in total. The normalized spacial score (nSPS) is 23.0. The van der Waals surface area contributed by atoms with E-state index in [2.05, 4.69) is 54.9 Å². The maximum atomic E-state index is 4.74. The van der Waals surface area contributed by atoms with Crippen molar-refractivity contribution in [1.29, 1.82) is 0 Å². The van der Waals surface area contributed by atoms with E-state index in [0.717, 1.165) is 18.9 Å². The summed E-state index contributed by atoms with van der Waals surface area (Å²) in [6.45, 7) is 11.5. The summed E-state index contributed by atoms with van der Waals surface area (Å²) in [6.07, 6.45) is 13.0. The molecule has 2 saturated heterocycles. The van der Waals surface area contributed by atoms with Crippen LogP contribution in [0.4, 0.5) is 5.95 Å². The molecule has 0 aromatic carbocycles. The second-order valence-electron chi connectivity index (χ2n) is 8.77. The van der Waals surface area contributed by atoms with Crippen LogP contribution >= 0.6 is 0 Å². The van der Waals surface area contributed by atoms with Gasteiger partial charge < -0.3 is 9.80 Å². The van der Waals surface area contributed by atoms with Gasteiger partial charge in [-0.25, -0.2) is 9.97 Å². The predicted molar refractivity (Wildman–Crippen MR) is 113 cm³/mol. The summed E-state index contributed by atoms with van der Waals surface area (Å²) >= 11 is 0. The zero-order valence-corrected chi connectivity index (χ0v) is 17.9. The number of aromatic nitrogens is 2. The van der Waals surface area contributed by atoms with Crippen LogP contribution in [-0.2, 0) is 6.42 Å². The second kappa shape index (κ2) is 9.83. The fourth-order valence-electron chi connectivity index (χ4n) is 4.49. The third-order valence-corrected chi connectivity index (χ3v) is 6.54. The summed E-state index contributed by atoms with van der Waals surface area (Å²) in [4.78, 5) is 17.0. The molecule has 2 fully saturated rings. The van der Waals surface area contributed by atoms with Crippen LogP contribution < -0.4 is 4.90 Å². The Morgan fingerprint density at radius 3 is 2.26 bits per heavy atom. The topological polar surface area (TPSA) is 35.5 Å². The lowest BCUT2D eigenvalue weighted by molar-refractivity contribution is 0.228. The molecule has 2 atom stereocenters. The third-order valence-electron chi connectivity index (χ3n) is 6.54. The van der Waals surface area contributed by atoms with Gasteiger partial charge >= 0.3 is 0 Å². The number of likely N-dealkylation sites (N-methyl/N-ethyl adjacent to an activating group) is 1. The summed E-state index contributed by atoms with van der Waals surface area (Å²) in [5.41, 5.74) is 1.29. The predicted octanol–water partition coefficient (Wildman–Crippen LogP) is 3.59. The van der Waals surface area contributed by atoms with Crippen molar-refractivity contribution >= 4 is 5.95 Å². The van der Waals surface area contributed by atoms with E-state index in [9.17, 15) is 0 Å². The average Bonchev–Trinajstić information content (AvgIpc) is 2.94. The largest absolute Gasteiger partial charge is 0.332 e. The quantitative estimate of drug-likeness (QED) is 0.586. The molecule has 3 heterocycles. The van der Waals surface area contributed by atoms with Crippen LogP contribution in [0.3, 0.4) is 0 Å². The van der Waals surface area contributed by atoms with E-state index >= 15 is 0 Å². The van der Waals surface area contributed by atoms with Crippen LogP contribution in [0.5, 0.6) is 0 Å². The zero-order chi connectivity index (χ0) is 19.2. The molecule has 0 aliphatic carbocycles. The monoisotopic (exact) mass is 373 g/mol. The van der Waals surface area contributed by atoms with Crippen molar-refractivity contribution in [2.24, 2.45) is 0 Å². The molecule has 2 aliphatic heterocycles. The molecule has 0 amide bonds. The van der Waals surface area contributed by atoms with E-state index in [1.165, 1.54) is 63.7 Å². The highest BCUT2D eigenvalue weighted by Crippen LogP contribution is 2.32. The molecule has 3 rings (SSSR count). The Kier molecular flexibility index (Phi) is 7.48. The molecule has 5 nitrogen and oxygen atoms in total. The first-order chi connectivity index (χ1) is 13.1. The van der Waals surface area contributed by atoms with Gasteiger partial charge in [-0.1, -0.05) is 19.8 Å². The van der Waals surface area contributed by atoms with Crippen molar-refractivity contribution in [2.75, 3.05) is 38.1 Å². The van der Waals surface area contributed by atoms with E-state index < -0.39 is 0 Å². The number of hydrogen-bond acceptors (Lipinski definition) is 5. The first kappa shape index (κ1) is 20.5. The minimum Gasteiger partial charge on any atom is -0.332 e. The maximum Gasteiger partial charge on any atom is 0.225 e. The number of rotatable bonds is 10. The molecule has 2 aliphatic rings. The van der Waals surface area contributed by atoms with Crippen LogP contribution in [0.15, 0.2) is 12.4 Å². The molecule has 152 valence electrons. The van der Waals surface area contributed by atoms with E-state index in [1.807, 2.05) is 0 Å². The van der Waals surface area contributed by atoms with Crippen LogP contribution in [0, 0.1) is 0 Å². The fourth-order valence-corrected chi connectivity index (χ4v) is 4.49. The van der Waals surface area contributed by atoms with Gasteiger partial charge in [0.15, 0.2) is 0 Å². The molecule has 5 heteroatoms. The smallest absolute Gasteiger partial charge is 0.225 e. The number of nitrogens with zero attached hydrogens (tertiary/aromatic N) is 5. The van der Waals surface area contributed by atoms with Gasteiger partial charge in [0.05, 0.1) is 0 Å². The Morgan fingerprint density at radius 1 is 1.04 bits per heavy atom. The van der Waals surface area contributed by atoms with E-state index in [4.69, 9.17) is 9.97 Å². The molecule has 0 spiro atoms. The summed E-state index contributed by atoms with van der Waals surface area (Å²) in [6, 6.07) is 1.87. The number of unbranched alkanes of at least 4 members (excludes halogenated alkanes) is 3. The number of fused-ring (bicyclic) bond motifs is 2. The highest BCUT2D eigenvalue weighted by atomic mass is 15.4. The fraction of sp³-hybridized carbons (Fsp3) is 0.818. The van der Waals surface area contributed by atoms with Crippen molar-refractivity contribution in [3.63, 3.8) is 0 Å². The van der Waals surface area contributed by atoms with Gasteiger partial charge in [-0.05, 0) is 71.7 Å². The Morgan fingerprint density at radius 2 is 1.67 bits per heavy atom. The van der Waals surface area contributed by atoms with Crippen molar-refractivity contribution < 1.29 is 0 Å². The number of piperazine rings is 1. The molecule has 1 aromatic heterocycles. The number of anilines is 1. The first-order valence-corrected chi connectivity index (χ1v) is 11.1. The molecular weight excluding hydrogens is 334 g/mol. The highest BCUT2D eigenvalue weighted by Gasteiger charge is 2.40. The Balaban J connectivity index is 1.40. The zero-order valence-electron chi connectivity index (χ0n) is 17.9. The Hall–Kier alpha value is -1.20. The lowest BCUT2D eigenvalue weighted by Crippen LogP contribution is -2.54. The lowest BCUT2D eigenvalue weighted by atomic mass is 10.1. The summed E-state index contributed by atoms with van der Waals surface area (Å²) in [5.74, 6) is 0.957. The van der Waals surface area contributed by atoms with Crippen molar-refractivity contribution in [3.05, 3.63) is 18.0 Å². The summed E-state index contributed by atoms with van der Waals surface area (Å²) in [7, 11) is 2.22. The van der Waals surface area contributed by atoms with Crippen molar-refractivity contribution in [1.82, 2.24) is 19.8 Å². The van der Waals surface area contributed by atoms with Gasteiger partial charge in [-0.15, -0.1) is 0 Å². The standard InChI is InChI=1S/C22H39N5/c1-5-26-16-20-11-12-21(17-26)27(20)22-23-14-19(15-24-22)10-8-6-7-9-13-25(4)18(2)3/h14-15,18,20-21H,5-13,16-17H2,1-4H3. The lowest BCUT2D eigenvalue weighted by Gasteiger charge is -2.40. The minimum atomic E-state index is 0.610. The highest BCUT2D eigenvalue weighted by molar-refractivity contribution is 5.37. The van der Waals surface area contributed by atoms with Gasteiger partial charge in [0.25, 0.3) is 0 Å². The van der Waals surface area contributed by atoms with Crippen LogP contribution in [0.2, 0.25) is 0 Å².